The van der Waals surface area contributed by atoms with Crippen molar-refractivity contribution in [2.45, 2.75) is 35.6 Å². The normalized spacial score (nSPS) is 22.2. The van der Waals surface area contributed by atoms with Crippen LogP contribution in [-0.4, -0.2) is 63.5 Å². The molecular formula is C18H23N3O6S2. The first-order valence-electron chi connectivity index (χ1n) is 9.43. The molecule has 158 valence electrons. The fourth-order valence-corrected chi connectivity index (χ4v) is 6.78. The lowest BCUT2D eigenvalue weighted by molar-refractivity contribution is 0.0730. The van der Waals surface area contributed by atoms with Crippen LogP contribution in [0.25, 0.3) is 0 Å². The van der Waals surface area contributed by atoms with Gasteiger partial charge in [-0.3, -0.25) is 0 Å². The number of sulfonamides is 2. The molecule has 2 saturated heterocycles. The van der Waals surface area contributed by atoms with Gasteiger partial charge in [-0.05, 0) is 44.0 Å². The number of benzene rings is 1. The second-order valence-electron chi connectivity index (χ2n) is 7.13. The van der Waals surface area contributed by atoms with E-state index in [2.05, 4.69) is 5.16 Å². The molecule has 0 bridgehead atoms. The number of aryl methyl sites for hydroxylation is 1. The molecule has 4 rings (SSSR count). The first kappa shape index (κ1) is 20.5. The molecule has 0 radical (unpaired) electrons. The Kier molecular flexibility index (Phi) is 5.51. The highest BCUT2D eigenvalue weighted by molar-refractivity contribution is 7.89. The lowest BCUT2D eigenvalue weighted by Crippen LogP contribution is -2.40. The summed E-state index contributed by atoms with van der Waals surface area (Å²) in [6.07, 6.45) is 1.37. The van der Waals surface area contributed by atoms with E-state index in [1.165, 1.54) is 32.9 Å². The van der Waals surface area contributed by atoms with Gasteiger partial charge in [-0.15, -0.1) is 0 Å². The lowest BCUT2D eigenvalue weighted by Gasteiger charge is -2.26. The van der Waals surface area contributed by atoms with Gasteiger partial charge >= 0.3 is 0 Å². The van der Waals surface area contributed by atoms with Gasteiger partial charge in [0.05, 0.1) is 34.7 Å². The van der Waals surface area contributed by atoms with Gasteiger partial charge in [0.1, 0.15) is 0 Å². The van der Waals surface area contributed by atoms with E-state index < -0.39 is 26.1 Å². The number of hydrogen-bond acceptors (Lipinski definition) is 7. The van der Waals surface area contributed by atoms with Crippen LogP contribution in [0.2, 0.25) is 0 Å². The highest BCUT2D eigenvalue weighted by Gasteiger charge is 2.38. The van der Waals surface area contributed by atoms with Crippen LogP contribution in [-0.2, 0) is 24.8 Å². The molecule has 2 fully saturated rings. The van der Waals surface area contributed by atoms with Crippen LogP contribution in [0, 0.1) is 6.92 Å². The average Bonchev–Trinajstić information content (AvgIpc) is 3.38. The van der Waals surface area contributed by atoms with Crippen LogP contribution in [0.15, 0.2) is 44.6 Å². The molecule has 11 heteroatoms. The third kappa shape index (κ3) is 3.84. The van der Waals surface area contributed by atoms with Crippen molar-refractivity contribution in [3.63, 3.8) is 0 Å². The summed E-state index contributed by atoms with van der Waals surface area (Å²) in [6.45, 7) is 3.43. The quantitative estimate of drug-likeness (QED) is 0.692. The number of morpholine rings is 1. The molecule has 1 aromatic carbocycles. The Hall–Kier alpha value is -1.79. The Bertz CT molecular complexity index is 1070. The van der Waals surface area contributed by atoms with E-state index in [4.69, 9.17) is 9.26 Å². The molecule has 2 aliphatic heterocycles. The Balaban J connectivity index is 1.59. The number of nitrogens with zero attached hydrogens (tertiary/aromatic N) is 3. The minimum absolute atomic E-state index is 0.0570. The Morgan fingerprint density at radius 3 is 2.17 bits per heavy atom. The third-order valence-electron chi connectivity index (χ3n) is 5.22. The van der Waals surface area contributed by atoms with Gasteiger partial charge in [0.15, 0.2) is 5.76 Å². The molecule has 1 aromatic heterocycles. The van der Waals surface area contributed by atoms with E-state index in [-0.39, 0.29) is 22.9 Å². The second-order valence-corrected chi connectivity index (χ2v) is 11.0. The maximum Gasteiger partial charge on any atom is 0.243 e. The summed E-state index contributed by atoms with van der Waals surface area (Å²) in [6, 6.07) is 6.74. The second kappa shape index (κ2) is 7.80. The van der Waals surface area contributed by atoms with Gasteiger partial charge in [0.2, 0.25) is 20.0 Å². The number of hydrogen-bond donors (Lipinski definition) is 0. The zero-order valence-corrected chi connectivity index (χ0v) is 17.7. The van der Waals surface area contributed by atoms with E-state index in [1.54, 1.807) is 13.0 Å². The van der Waals surface area contributed by atoms with Gasteiger partial charge < -0.3 is 9.26 Å². The maximum absolute atomic E-state index is 13.2. The van der Waals surface area contributed by atoms with Crippen LogP contribution in [0.3, 0.4) is 0 Å². The standard InChI is InChI=1S/C18H23N3O6S2/c1-14-13-18(27-19-14)17-3-2-8-21(17)29(24,25)16-6-4-15(5-7-16)28(22,23)20-9-11-26-12-10-20/h4-7,13,17H,2-3,8-12H2,1H3. The van der Waals surface area contributed by atoms with E-state index in [9.17, 15) is 16.8 Å². The van der Waals surface area contributed by atoms with Crippen LogP contribution < -0.4 is 0 Å². The maximum atomic E-state index is 13.2. The highest BCUT2D eigenvalue weighted by atomic mass is 32.2. The van der Waals surface area contributed by atoms with Crippen molar-refractivity contribution < 1.29 is 26.1 Å². The number of aromatic nitrogens is 1. The predicted octanol–water partition coefficient (Wildman–Crippen LogP) is 1.53. The summed E-state index contributed by atoms with van der Waals surface area (Å²) in [5.41, 5.74) is 0.696. The molecule has 29 heavy (non-hydrogen) atoms. The van der Waals surface area contributed by atoms with Gasteiger partial charge in [0, 0.05) is 25.7 Å². The van der Waals surface area contributed by atoms with Gasteiger partial charge in [-0.25, -0.2) is 16.8 Å². The highest BCUT2D eigenvalue weighted by Crippen LogP contribution is 2.37. The zero-order valence-electron chi connectivity index (χ0n) is 16.0. The molecule has 2 aromatic rings. The minimum atomic E-state index is -3.80. The zero-order chi connectivity index (χ0) is 20.6. The summed E-state index contributed by atoms with van der Waals surface area (Å²) < 4.78 is 65.1. The lowest BCUT2D eigenvalue weighted by atomic mass is 10.2. The van der Waals surface area contributed by atoms with E-state index in [0.29, 0.717) is 44.1 Å². The number of rotatable bonds is 5. The molecule has 0 saturated carbocycles. The SMILES string of the molecule is Cc1cc(C2CCCN2S(=O)(=O)c2ccc(S(=O)(=O)N3CCOCC3)cc2)on1. The van der Waals surface area contributed by atoms with Crippen molar-refractivity contribution in [3.05, 3.63) is 41.8 Å². The van der Waals surface area contributed by atoms with Gasteiger partial charge in [-0.2, -0.15) is 8.61 Å². The Labute approximate surface area is 170 Å². The summed E-state index contributed by atoms with van der Waals surface area (Å²) in [4.78, 5) is 0.128. The molecule has 1 unspecified atom stereocenters. The Morgan fingerprint density at radius 1 is 0.966 bits per heavy atom. The molecule has 0 N–H and O–H groups in total. The third-order valence-corrected chi connectivity index (χ3v) is 9.05. The van der Waals surface area contributed by atoms with E-state index in [1.807, 2.05) is 0 Å². The molecule has 9 nitrogen and oxygen atoms in total. The summed E-state index contributed by atoms with van der Waals surface area (Å²) in [5.74, 6) is 0.523. The topological polar surface area (TPSA) is 110 Å². The summed E-state index contributed by atoms with van der Waals surface area (Å²) in [7, 11) is -7.47. The molecule has 3 heterocycles. The van der Waals surface area contributed by atoms with Crippen molar-refractivity contribution in [3.8, 4) is 0 Å². The van der Waals surface area contributed by atoms with Gasteiger partial charge in [-0.1, -0.05) is 5.16 Å². The first-order valence-corrected chi connectivity index (χ1v) is 12.3. The summed E-state index contributed by atoms with van der Waals surface area (Å²) in [5, 5.41) is 3.86. The fraction of sp³-hybridized carbons (Fsp3) is 0.500. The van der Waals surface area contributed by atoms with Gasteiger partial charge in [0.25, 0.3) is 0 Å². The summed E-state index contributed by atoms with van der Waals surface area (Å²) >= 11 is 0. The largest absolute Gasteiger partial charge is 0.379 e. The predicted molar refractivity (Wildman–Crippen MR) is 103 cm³/mol. The van der Waals surface area contributed by atoms with Crippen molar-refractivity contribution in [1.29, 1.82) is 0 Å². The molecule has 1 atom stereocenters. The van der Waals surface area contributed by atoms with Crippen LogP contribution in [0.1, 0.15) is 30.3 Å². The van der Waals surface area contributed by atoms with Crippen molar-refractivity contribution in [1.82, 2.24) is 13.8 Å². The average molecular weight is 442 g/mol. The fourth-order valence-electron chi connectivity index (χ4n) is 3.71. The van der Waals surface area contributed by atoms with Crippen LogP contribution in [0.5, 0.6) is 0 Å². The molecule has 0 spiro atoms. The molecule has 0 amide bonds. The minimum Gasteiger partial charge on any atom is -0.379 e. The monoisotopic (exact) mass is 441 g/mol. The Morgan fingerprint density at radius 2 is 1.59 bits per heavy atom. The molecule has 0 aliphatic carbocycles. The first-order chi connectivity index (χ1) is 13.8. The van der Waals surface area contributed by atoms with Crippen molar-refractivity contribution >= 4 is 20.0 Å². The van der Waals surface area contributed by atoms with Crippen molar-refractivity contribution in [2.75, 3.05) is 32.8 Å². The van der Waals surface area contributed by atoms with E-state index >= 15 is 0 Å². The van der Waals surface area contributed by atoms with Crippen molar-refractivity contribution in [2.24, 2.45) is 0 Å². The van der Waals surface area contributed by atoms with E-state index in [0.717, 1.165) is 0 Å². The van der Waals surface area contributed by atoms with Crippen LogP contribution in [0.4, 0.5) is 0 Å². The molecule has 2 aliphatic rings. The smallest absolute Gasteiger partial charge is 0.243 e. The molecular weight excluding hydrogens is 418 g/mol. The van der Waals surface area contributed by atoms with Crippen LogP contribution >= 0.6 is 0 Å². The number of ether oxygens (including phenoxy) is 1.